The van der Waals surface area contributed by atoms with Crippen LogP contribution in [0.1, 0.15) is 6.42 Å². The van der Waals surface area contributed by atoms with Gasteiger partial charge >= 0.3 is 0 Å². The lowest BCUT2D eigenvalue weighted by Gasteiger charge is -2.09. The van der Waals surface area contributed by atoms with Crippen LogP contribution in [0.15, 0.2) is 66.0 Å². The predicted molar refractivity (Wildman–Crippen MR) is 112 cm³/mol. The largest absolute Gasteiger partial charge is 0.345 e. The van der Waals surface area contributed by atoms with Gasteiger partial charge in [-0.2, -0.15) is 4.37 Å². The summed E-state index contributed by atoms with van der Waals surface area (Å²) in [4.78, 5) is 16.1. The first-order valence-electron chi connectivity index (χ1n) is 8.85. The summed E-state index contributed by atoms with van der Waals surface area (Å²) >= 11 is 0.928. The number of halogens is 1. The maximum atomic E-state index is 14.0. The predicted octanol–water partition coefficient (Wildman–Crippen LogP) is 3.46. The minimum absolute atomic E-state index is 0.0324. The zero-order valence-electron chi connectivity index (χ0n) is 15.4. The van der Waals surface area contributed by atoms with E-state index in [0.717, 1.165) is 16.9 Å². The lowest BCUT2D eigenvalue weighted by Crippen LogP contribution is -2.15. The Hall–Kier alpha value is -3.31. The fraction of sp³-hybridized carbons (Fsp3) is 0.105. The van der Waals surface area contributed by atoms with Crippen LogP contribution >= 0.6 is 11.5 Å². The van der Waals surface area contributed by atoms with Crippen molar-refractivity contribution in [1.82, 2.24) is 13.9 Å². The van der Waals surface area contributed by atoms with Crippen LogP contribution in [0.25, 0.3) is 10.9 Å². The second-order valence-electron chi connectivity index (χ2n) is 6.36. The van der Waals surface area contributed by atoms with Crippen molar-refractivity contribution in [1.29, 1.82) is 0 Å². The number of amides is 1. The molecule has 2 aromatic heterocycles. The highest BCUT2D eigenvalue weighted by Gasteiger charge is 2.16. The van der Waals surface area contributed by atoms with Gasteiger partial charge in [-0.1, -0.05) is 12.1 Å². The average Bonchev–Trinajstić information content (AvgIpc) is 3.37. The Morgan fingerprint density at radius 2 is 1.93 bits per heavy atom. The molecule has 0 fully saturated rings. The molecule has 0 unspecified atom stereocenters. The van der Waals surface area contributed by atoms with Crippen LogP contribution < -0.4 is 10.0 Å². The number of sulfonamides is 1. The summed E-state index contributed by atoms with van der Waals surface area (Å²) in [5, 5.41) is 3.65. The number of aromatic nitrogens is 3. The van der Waals surface area contributed by atoms with Crippen molar-refractivity contribution in [2.45, 2.75) is 17.9 Å². The third-order valence-electron chi connectivity index (χ3n) is 4.35. The molecule has 4 rings (SSSR count). The molecule has 0 atom stereocenters. The molecule has 0 aliphatic carbocycles. The van der Waals surface area contributed by atoms with E-state index < -0.39 is 10.0 Å². The van der Waals surface area contributed by atoms with Crippen molar-refractivity contribution in [2.75, 3.05) is 10.0 Å². The number of rotatable bonds is 7. The molecule has 0 aliphatic heterocycles. The number of benzene rings is 2. The van der Waals surface area contributed by atoms with Gasteiger partial charge in [-0.05, 0) is 36.4 Å². The molecule has 0 aliphatic rings. The molecule has 0 saturated heterocycles. The van der Waals surface area contributed by atoms with Gasteiger partial charge in [0, 0.05) is 41.8 Å². The van der Waals surface area contributed by atoms with Gasteiger partial charge in [0.05, 0.1) is 10.4 Å². The van der Waals surface area contributed by atoms with Crippen LogP contribution in [0.2, 0.25) is 0 Å². The van der Waals surface area contributed by atoms with Crippen molar-refractivity contribution in [3.63, 3.8) is 0 Å². The van der Waals surface area contributed by atoms with E-state index in [1.807, 2.05) is 6.07 Å². The standard InChI is InChI=1S/C19H16FN5O3S2/c20-16-3-1-2-13-8-10-25(18(13)16)11-9-17(26)23-14-4-6-15(7-5-14)30(27,28)24-19-21-12-22-29-19/h1-8,10,12H,9,11H2,(H,23,26)(H,21,22,24). The first-order chi connectivity index (χ1) is 14.4. The van der Waals surface area contributed by atoms with Crippen LogP contribution in [-0.4, -0.2) is 28.2 Å². The zero-order valence-corrected chi connectivity index (χ0v) is 17.1. The molecule has 11 heteroatoms. The third-order valence-corrected chi connectivity index (χ3v) is 6.41. The van der Waals surface area contributed by atoms with Crippen molar-refractivity contribution < 1.29 is 17.6 Å². The first kappa shape index (κ1) is 20.0. The van der Waals surface area contributed by atoms with Crippen molar-refractivity contribution in [3.05, 3.63) is 66.9 Å². The van der Waals surface area contributed by atoms with Crippen LogP contribution in [0.3, 0.4) is 0 Å². The third kappa shape index (κ3) is 4.31. The van der Waals surface area contributed by atoms with Gasteiger partial charge in [-0.15, -0.1) is 0 Å². The molecule has 4 aromatic rings. The van der Waals surface area contributed by atoms with Crippen molar-refractivity contribution in [3.8, 4) is 0 Å². The van der Waals surface area contributed by atoms with E-state index in [9.17, 15) is 17.6 Å². The SMILES string of the molecule is O=C(CCn1ccc2cccc(F)c21)Nc1ccc(S(=O)(=O)Nc2ncns2)cc1. The van der Waals surface area contributed by atoms with Gasteiger partial charge in [0.25, 0.3) is 10.0 Å². The van der Waals surface area contributed by atoms with Crippen LogP contribution in [-0.2, 0) is 21.4 Å². The number of fused-ring (bicyclic) bond motifs is 1. The van der Waals surface area contributed by atoms with Gasteiger partial charge in [-0.3, -0.25) is 9.52 Å². The molecule has 2 aromatic carbocycles. The van der Waals surface area contributed by atoms with E-state index in [1.165, 1.54) is 36.7 Å². The summed E-state index contributed by atoms with van der Waals surface area (Å²) in [6.45, 7) is 0.314. The van der Waals surface area contributed by atoms with E-state index in [0.29, 0.717) is 17.7 Å². The van der Waals surface area contributed by atoms with E-state index in [1.54, 1.807) is 22.9 Å². The second kappa shape index (κ2) is 8.20. The van der Waals surface area contributed by atoms with Gasteiger partial charge in [0.1, 0.15) is 12.1 Å². The van der Waals surface area contributed by atoms with Gasteiger partial charge in [-0.25, -0.2) is 17.8 Å². The zero-order chi connectivity index (χ0) is 21.1. The molecule has 154 valence electrons. The van der Waals surface area contributed by atoms with E-state index in [-0.39, 0.29) is 28.2 Å². The lowest BCUT2D eigenvalue weighted by atomic mass is 10.2. The summed E-state index contributed by atoms with van der Waals surface area (Å²) in [6.07, 6.45) is 3.13. The molecule has 2 heterocycles. The molecule has 8 nitrogen and oxygen atoms in total. The maximum absolute atomic E-state index is 14.0. The van der Waals surface area contributed by atoms with Crippen molar-refractivity contribution in [2.24, 2.45) is 0 Å². The normalized spacial score (nSPS) is 11.5. The van der Waals surface area contributed by atoms with Gasteiger partial charge in [0.15, 0.2) is 0 Å². The number of para-hydroxylation sites is 1. The molecule has 0 spiro atoms. The smallest absolute Gasteiger partial charge is 0.263 e. The number of aryl methyl sites for hydroxylation is 1. The molecule has 0 saturated carbocycles. The first-order valence-corrected chi connectivity index (χ1v) is 11.1. The highest BCUT2D eigenvalue weighted by Crippen LogP contribution is 2.20. The minimum atomic E-state index is -3.79. The summed E-state index contributed by atoms with van der Waals surface area (Å²) in [6, 6.07) is 12.4. The summed E-state index contributed by atoms with van der Waals surface area (Å²) in [5.74, 6) is -0.604. The molecule has 0 bridgehead atoms. The lowest BCUT2D eigenvalue weighted by molar-refractivity contribution is -0.116. The number of hydrogen-bond acceptors (Lipinski definition) is 6. The summed E-state index contributed by atoms with van der Waals surface area (Å²) in [7, 11) is -3.79. The molecule has 0 radical (unpaired) electrons. The Labute approximate surface area is 175 Å². The number of nitrogens with one attached hydrogen (secondary N) is 2. The monoisotopic (exact) mass is 445 g/mol. The van der Waals surface area contributed by atoms with Crippen molar-refractivity contribution >= 4 is 49.2 Å². The molecular formula is C19H16FN5O3S2. The Morgan fingerprint density at radius 1 is 1.13 bits per heavy atom. The fourth-order valence-corrected chi connectivity index (χ4v) is 4.62. The van der Waals surface area contributed by atoms with E-state index in [2.05, 4.69) is 19.4 Å². The topological polar surface area (TPSA) is 106 Å². The molecule has 30 heavy (non-hydrogen) atoms. The molecular weight excluding hydrogens is 429 g/mol. The van der Waals surface area contributed by atoms with E-state index in [4.69, 9.17) is 0 Å². The molecule has 1 amide bonds. The quantitative estimate of drug-likeness (QED) is 0.453. The van der Waals surface area contributed by atoms with Crippen LogP contribution in [0.4, 0.5) is 15.2 Å². The summed E-state index contributed by atoms with van der Waals surface area (Å²) in [5.41, 5.74) is 0.918. The van der Waals surface area contributed by atoms with Gasteiger partial charge < -0.3 is 9.88 Å². The Morgan fingerprint density at radius 3 is 2.67 bits per heavy atom. The number of hydrogen-bond donors (Lipinski definition) is 2. The highest BCUT2D eigenvalue weighted by molar-refractivity contribution is 7.93. The minimum Gasteiger partial charge on any atom is -0.345 e. The Bertz CT molecular complexity index is 1290. The Balaban J connectivity index is 1.38. The van der Waals surface area contributed by atoms with Crippen LogP contribution in [0, 0.1) is 5.82 Å². The molecule has 2 N–H and O–H groups in total. The maximum Gasteiger partial charge on any atom is 0.263 e. The number of carbonyl (C=O) groups is 1. The second-order valence-corrected chi connectivity index (χ2v) is 8.82. The fourth-order valence-electron chi connectivity index (χ4n) is 2.96. The summed E-state index contributed by atoms with van der Waals surface area (Å²) < 4.78 is 46.4. The number of anilines is 2. The van der Waals surface area contributed by atoms with Crippen LogP contribution in [0.5, 0.6) is 0 Å². The highest BCUT2D eigenvalue weighted by atomic mass is 32.2. The van der Waals surface area contributed by atoms with E-state index >= 15 is 0 Å². The number of nitrogens with zero attached hydrogens (tertiary/aromatic N) is 3. The van der Waals surface area contributed by atoms with Gasteiger partial charge in [0.2, 0.25) is 11.0 Å². The average molecular weight is 446 g/mol. The Kier molecular flexibility index (Phi) is 5.46. The number of carbonyl (C=O) groups excluding carboxylic acids is 1.